The van der Waals surface area contributed by atoms with Gasteiger partial charge < -0.3 is 19.9 Å². The maximum atomic E-state index is 5.77. The summed E-state index contributed by atoms with van der Waals surface area (Å²) in [5, 5.41) is 10.7. The van der Waals surface area contributed by atoms with Gasteiger partial charge >= 0.3 is 0 Å². The highest BCUT2D eigenvalue weighted by Crippen LogP contribution is 2.13. The third-order valence-electron chi connectivity index (χ3n) is 4.26. The summed E-state index contributed by atoms with van der Waals surface area (Å²) in [7, 11) is 1.78. The molecule has 1 aromatic heterocycles. The van der Waals surface area contributed by atoms with E-state index in [0.717, 1.165) is 50.0 Å². The smallest absolute Gasteiger partial charge is 0.191 e. The van der Waals surface area contributed by atoms with Crippen molar-refractivity contribution in [3.63, 3.8) is 0 Å². The molecule has 1 fully saturated rings. The molecular weight excluding hydrogens is 318 g/mol. The molecule has 2 unspecified atom stereocenters. The molecule has 2 rings (SSSR count). The maximum absolute atomic E-state index is 5.77. The zero-order valence-electron chi connectivity index (χ0n) is 16.2. The zero-order chi connectivity index (χ0) is 18.2. The average Bonchev–Trinajstić information content (AvgIpc) is 3.02. The molecule has 7 nitrogen and oxygen atoms in total. The van der Waals surface area contributed by atoms with Gasteiger partial charge in [-0.25, -0.2) is 0 Å². The predicted octanol–water partition coefficient (Wildman–Crippen LogP) is 1.96. The number of nitrogens with zero attached hydrogens (tertiary/aromatic N) is 3. The van der Waals surface area contributed by atoms with E-state index < -0.39 is 0 Å². The van der Waals surface area contributed by atoms with Crippen molar-refractivity contribution in [3.8, 4) is 0 Å². The van der Waals surface area contributed by atoms with Crippen LogP contribution in [0.2, 0.25) is 0 Å². The van der Waals surface area contributed by atoms with Gasteiger partial charge in [-0.2, -0.15) is 0 Å². The number of hydrogen-bond donors (Lipinski definition) is 2. The van der Waals surface area contributed by atoms with Gasteiger partial charge in [0.15, 0.2) is 11.7 Å². The van der Waals surface area contributed by atoms with Crippen LogP contribution in [0.5, 0.6) is 0 Å². The van der Waals surface area contributed by atoms with Gasteiger partial charge in [0.2, 0.25) is 0 Å². The molecule has 0 bridgehead atoms. The van der Waals surface area contributed by atoms with Crippen molar-refractivity contribution < 1.29 is 9.26 Å². The molecule has 25 heavy (non-hydrogen) atoms. The third-order valence-corrected chi connectivity index (χ3v) is 4.26. The van der Waals surface area contributed by atoms with Crippen molar-refractivity contribution in [2.75, 3.05) is 33.2 Å². The van der Waals surface area contributed by atoms with Crippen LogP contribution in [0.15, 0.2) is 15.6 Å². The van der Waals surface area contributed by atoms with Crippen molar-refractivity contribution in [3.05, 3.63) is 17.5 Å². The van der Waals surface area contributed by atoms with Crippen molar-refractivity contribution >= 4 is 5.96 Å². The molecule has 1 aromatic rings. The second-order valence-corrected chi connectivity index (χ2v) is 7.10. The lowest BCUT2D eigenvalue weighted by molar-refractivity contribution is -0.0679. The summed E-state index contributed by atoms with van der Waals surface area (Å²) in [5.74, 6) is 1.98. The molecule has 0 saturated carbocycles. The van der Waals surface area contributed by atoms with E-state index in [-0.39, 0.29) is 0 Å². The van der Waals surface area contributed by atoms with Crippen LogP contribution in [0, 0.1) is 0 Å². The number of aromatic nitrogens is 1. The monoisotopic (exact) mass is 351 g/mol. The highest BCUT2D eigenvalue weighted by molar-refractivity contribution is 5.79. The molecule has 142 valence electrons. The van der Waals surface area contributed by atoms with Crippen LogP contribution in [-0.4, -0.2) is 61.5 Å². The van der Waals surface area contributed by atoms with Gasteiger partial charge in [0, 0.05) is 39.3 Å². The number of morpholine rings is 1. The lowest BCUT2D eigenvalue weighted by Gasteiger charge is -2.35. The van der Waals surface area contributed by atoms with Crippen LogP contribution in [0.25, 0.3) is 0 Å². The van der Waals surface area contributed by atoms with E-state index in [0.29, 0.717) is 24.7 Å². The minimum atomic E-state index is 0.323. The van der Waals surface area contributed by atoms with Crippen molar-refractivity contribution in [2.24, 2.45) is 4.99 Å². The Morgan fingerprint density at radius 3 is 2.64 bits per heavy atom. The molecule has 0 amide bonds. The summed E-state index contributed by atoms with van der Waals surface area (Å²) in [6.45, 7) is 13.0. The van der Waals surface area contributed by atoms with E-state index in [9.17, 15) is 0 Å². The molecule has 2 heterocycles. The Hall–Kier alpha value is -1.60. The van der Waals surface area contributed by atoms with Gasteiger partial charge in [0.05, 0.1) is 24.4 Å². The fourth-order valence-corrected chi connectivity index (χ4v) is 3.05. The fourth-order valence-electron chi connectivity index (χ4n) is 3.05. The molecule has 0 radical (unpaired) electrons. The van der Waals surface area contributed by atoms with Crippen molar-refractivity contribution in [1.82, 2.24) is 20.7 Å². The van der Waals surface area contributed by atoms with Gasteiger partial charge in [0.25, 0.3) is 0 Å². The van der Waals surface area contributed by atoms with E-state index in [1.165, 1.54) is 0 Å². The van der Waals surface area contributed by atoms with Crippen molar-refractivity contribution in [1.29, 1.82) is 0 Å². The number of hydrogen-bond acceptors (Lipinski definition) is 5. The normalized spacial score (nSPS) is 22.4. The van der Waals surface area contributed by atoms with E-state index in [2.05, 4.69) is 53.4 Å². The lowest BCUT2D eigenvalue weighted by Crippen LogP contribution is -2.46. The number of nitrogens with one attached hydrogen (secondary N) is 2. The van der Waals surface area contributed by atoms with E-state index in [1.54, 1.807) is 7.05 Å². The first-order chi connectivity index (χ1) is 12.0. The summed E-state index contributed by atoms with van der Waals surface area (Å²) < 4.78 is 11.1. The Kier molecular flexibility index (Phi) is 7.71. The van der Waals surface area contributed by atoms with Crippen LogP contribution >= 0.6 is 0 Å². The van der Waals surface area contributed by atoms with Gasteiger partial charge in [-0.1, -0.05) is 19.0 Å². The SMILES string of the molecule is CN=C(NCCCN1CC(C)OC(C)C1)NCc1cc(C(C)C)no1. The first-order valence-corrected chi connectivity index (χ1v) is 9.25. The standard InChI is InChI=1S/C18H33N5O2/c1-13(2)17-9-16(25-22-17)10-21-18(19-5)20-7-6-8-23-11-14(3)24-15(4)12-23/h9,13-15H,6-8,10-12H2,1-5H3,(H2,19,20,21). The maximum Gasteiger partial charge on any atom is 0.191 e. The summed E-state index contributed by atoms with van der Waals surface area (Å²) in [4.78, 5) is 6.72. The van der Waals surface area contributed by atoms with Crippen LogP contribution in [0.1, 0.15) is 51.5 Å². The number of ether oxygens (including phenoxy) is 1. The molecule has 2 atom stereocenters. The Morgan fingerprint density at radius 1 is 1.32 bits per heavy atom. The second-order valence-electron chi connectivity index (χ2n) is 7.10. The molecule has 1 aliphatic rings. The largest absolute Gasteiger partial charge is 0.373 e. The fraction of sp³-hybridized carbons (Fsp3) is 0.778. The van der Waals surface area contributed by atoms with Crippen LogP contribution in [0.4, 0.5) is 0 Å². The van der Waals surface area contributed by atoms with Gasteiger partial charge in [-0.15, -0.1) is 0 Å². The van der Waals surface area contributed by atoms with Crippen LogP contribution in [0.3, 0.4) is 0 Å². The minimum absolute atomic E-state index is 0.323. The van der Waals surface area contributed by atoms with Crippen LogP contribution in [-0.2, 0) is 11.3 Å². The Morgan fingerprint density at radius 2 is 2.04 bits per heavy atom. The molecular formula is C18H33N5O2. The van der Waals surface area contributed by atoms with E-state index >= 15 is 0 Å². The molecule has 2 N–H and O–H groups in total. The van der Waals surface area contributed by atoms with E-state index in [4.69, 9.17) is 9.26 Å². The summed E-state index contributed by atoms with van der Waals surface area (Å²) in [6.07, 6.45) is 1.72. The quantitative estimate of drug-likeness (QED) is 0.444. The predicted molar refractivity (Wildman–Crippen MR) is 99.9 cm³/mol. The average molecular weight is 351 g/mol. The highest BCUT2D eigenvalue weighted by Gasteiger charge is 2.21. The Labute approximate surface area is 151 Å². The highest BCUT2D eigenvalue weighted by atomic mass is 16.5. The zero-order valence-corrected chi connectivity index (χ0v) is 16.2. The first kappa shape index (κ1) is 19.7. The Bertz CT molecular complexity index is 533. The van der Waals surface area contributed by atoms with Crippen molar-refractivity contribution in [2.45, 2.75) is 58.8 Å². The molecule has 7 heteroatoms. The molecule has 0 aromatic carbocycles. The topological polar surface area (TPSA) is 74.9 Å². The summed E-state index contributed by atoms with van der Waals surface area (Å²) in [5.41, 5.74) is 0.980. The lowest BCUT2D eigenvalue weighted by atomic mass is 10.1. The Balaban J connectivity index is 1.64. The first-order valence-electron chi connectivity index (χ1n) is 9.25. The molecule has 0 spiro atoms. The molecule has 1 saturated heterocycles. The number of guanidine groups is 1. The van der Waals surface area contributed by atoms with E-state index in [1.807, 2.05) is 6.07 Å². The number of aliphatic imine (C=N–C) groups is 1. The number of rotatable bonds is 7. The van der Waals surface area contributed by atoms with Gasteiger partial charge in [0.1, 0.15) is 0 Å². The van der Waals surface area contributed by atoms with Gasteiger partial charge in [-0.3, -0.25) is 9.89 Å². The summed E-state index contributed by atoms with van der Waals surface area (Å²) in [6, 6.07) is 1.99. The van der Waals surface area contributed by atoms with Crippen LogP contribution < -0.4 is 10.6 Å². The minimum Gasteiger partial charge on any atom is -0.373 e. The second kappa shape index (κ2) is 9.77. The molecule has 0 aliphatic carbocycles. The third kappa shape index (κ3) is 6.66. The van der Waals surface area contributed by atoms with Gasteiger partial charge in [-0.05, 0) is 26.2 Å². The molecule has 1 aliphatic heterocycles. The summed E-state index contributed by atoms with van der Waals surface area (Å²) >= 11 is 0.